The van der Waals surface area contributed by atoms with Crippen LogP contribution in [0.3, 0.4) is 0 Å². The number of benzene rings is 3. The van der Waals surface area contributed by atoms with Crippen molar-refractivity contribution < 1.29 is 9.59 Å². The first-order valence-electron chi connectivity index (χ1n) is 9.89. The number of urea groups is 1. The monoisotopic (exact) mass is 407 g/mol. The van der Waals surface area contributed by atoms with E-state index in [4.69, 9.17) is 0 Å². The number of nitrogens with one attached hydrogen (secondary N) is 2. The molecule has 0 aliphatic heterocycles. The summed E-state index contributed by atoms with van der Waals surface area (Å²) in [7, 11) is 0. The van der Waals surface area contributed by atoms with Gasteiger partial charge in [0.05, 0.1) is 0 Å². The van der Waals surface area contributed by atoms with E-state index in [0.29, 0.717) is 22.5 Å². The molecule has 1 heterocycles. The summed E-state index contributed by atoms with van der Waals surface area (Å²) in [4.78, 5) is 29.2. The normalized spacial score (nSPS) is 10.4. The van der Waals surface area contributed by atoms with Crippen LogP contribution in [0.4, 0.5) is 16.2 Å². The zero-order valence-electron chi connectivity index (χ0n) is 17.0. The summed E-state index contributed by atoms with van der Waals surface area (Å²) in [6.07, 6.45) is 1.78. The molecule has 152 valence electrons. The van der Waals surface area contributed by atoms with E-state index in [9.17, 15) is 9.59 Å². The molecule has 5 nitrogen and oxygen atoms in total. The maximum absolute atomic E-state index is 12.6. The third kappa shape index (κ3) is 5.03. The molecular formula is C26H21N3O2. The van der Waals surface area contributed by atoms with Gasteiger partial charge in [0, 0.05) is 34.4 Å². The number of anilines is 2. The van der Waals surface area contributed by atoms with Crippen molar-refractivity contribution in [2.75, 3.05) is 10.6 Å². The Labute approximate surface area is 180 Å². The SMILES string of the molecule is Cc1cc(-c2ccc(NC(=O)Nc3cccc(C(=O)c4ccccc4)c3)cc2)ccn1. The Bertz CT molecular complexity index is 1220. The molecule has 0 spiro atoms. The highest BCUT2D eigenvalue weighted by atomic mass is 16.2. The van der Waals surface area contributed by atoms with Crippen molar-refractivity contribution in [1.82, 2.24) is 4.98 Å². The molecule has 0 bridgehead atoms. The van der Waals surface area contributed by atoms with Gasteiger partial charge in [-0.1, -0.05) is 54.6 Å². The highest BCUT2D eigenvalue weighted by molar-refractivity contribution is 6.10. The molecule has 0 unspecified atom stereocenters. The Morgan fingerprint density at radius 1 is 0.677 bits per heavy atom. The summed E-state index contributed by atoms with van der Waals surface area (Å²) in [5, 5.41) is 5.59. The minimum absolute atomic E-state index is 0.0911. The first kappa shape index (κ1) is 20.0. The van der Waals surface area contributed by atoms with E-state index < -0.39 is 0 Å². The van der Waals surface area contributed by atoms with E-state index in [-0.39, 0.29) is 11.8 Å². The summed E-state index contributed by atoms with van der Waals surface area (Å²) in [6.45, 7) is 1.95. The zero-order chi connectivity index (χ0) is 21.6. The molecule has 1 aromatic heterocycles. The summed E-state index contributed by atoms with van der Waals surface area (Å²) in [6, 6.07) is 27.1. The van der Waals surface area contributed by atoms with E-state index in [1.165, 1.54) is 0 Å². The lowest BCUT2D eigenvalue weighted by Crippen LogP contribution is -2.19. The maximum atomic E-state index is 12.6. The molecule has 0 saturated carbocycles. The highest BCUT2D eigenvalue weighted by Gasteiger charge is 2.10. The van der Waals surface area contributed by atoms with Crippen LogP contribution < -0.4 is 10.6 Å². The van der Waals surface area contributed by atoms with Crippen LogP contribution >= 0.6 is 0 Å². The summed E-state index contributed by atoms with van der Waals surface area (Å²) < 4.78 is 0. The Hall–Kier alpha value is -4.25. The van der Waals surface area contributed by atoms with Gasteiger partial charge in [0.15, 0.2) is 5.78 Å². The number of hydrogen-bond acceptors (Lipinski definition) is 3. The van der Waals surface area contributed by atoms with Gasteiger partial charge < -0.3 is 10.6 Å². The molecule has 4 rings (SSSR count). The van der Waals surface area contributed by atoms with Crippen LogP contribution in [-0.2, 0) is 0 Å². The van der Waals surface area contributed by atoms with Gasteiger partial charge in [-0.05, 0) is 54.4 Å². The fourth-order valence-corrected chi connectivity index (χ4v) is 3.26. The van der Waals surface area contributed by atoms with Crippen LogP contribution in [0.2, 0.25) is 0 Å². The number of pyridine rings is 1. The number of nitrogens with zero attached hydrogens (tertiary/aromatic N) is 1. The van der Waals surface area contributed by atoms with Crippen LogP contribution in [0.25, 0.3) is 11.1 Å². The van der Waals surface area contributed by atoms with Crippen molar-refractivity contribution in [3.05, 3.63) is 114 Å². The third-order valence-electron chi connectivity index (χ3n) is 4.79. The van der Waals surface area contributed by atoms with E-state index in [2.05, 4.69) is 15.6 Å². The summed E-state index contributed by atoms with van der Waals surface area (Å²) in [5.41, 5.74) is 5.40. The van der Waals surface area contributed by atoms with Crippen LogP contribution in [0.1, 0.15) is 21.6 Å². The molecule has 4 aromatic rings. The largest absolute Gasteiger partial charge is 0.323 e. The number of carbonyl (C=O) groups excluding carboxylic acids is 2. The second kappa shape index (κ2) is 9.05. The Balaban J connectivity index is 1.41. The zero-order valence-corrected chi connectivity index (χ0v) is 17.0. The number of rotatable bonds is 5. The molecule has 5 heteroatoms. The van der Waals surface area contributed by atoms with Crippen molar-refractivity contribution >= 4 is 23.2 Å². The van der Waals surface area contributed by atoms with E-state index in [1.807, 2.05) is 61.5 Å². The maximum Gasteiger partial charge on any atom is 0.323 e. The second-order valence-corrected chi connectivity index (χ2v) is 7.12. The molecule has 0 aliphatic carbocycles. The lowest BCUT2D eigenvalue weighted by Gasteiger charge is -2.10. The second-order valence-electron chi connectivity index (χ2n) is 7.12. The first-order chi connectivity index (χ1) is 15.1. The molecule has 0 radical (unpaired) electrons. The standard InChI is InChI=1S/C26H21N3O2/c1-18-16-21(14-15-27-18)19-10-12-23(13-11-19)28-26(31)29-24-9-5-8-22(17-24)25(30)20-6-3-2-4-7-20/h2-17H,1H3,(H2,28,29,31). The molecule has 3 aromatic carbocycles. The average Bonchev–Trinajstić information content (AvgIpc) is 2.80. The Kier molecular flexibility index (Phi) is 5.85. The third-order valence-corrected chi connectivity index (χ3v) is 4.79. The molecule has 2 N–H and O–H groups in total. The molecule has 0 atom stereocenters. The molecule has 31 heavy (non-hydrogen) atoms. The van der Waals surface area contributed by atoms with Gasteiger partial charge in [-0.3, -0.25) is 9.78 Å². The number of aromatic nitrogens is 1. The summed E-state index contributed by atoms with van der Waals surface area (Å²) >= 11 is 0. The summed E-state index contributed by atoms with van der Waals surface area (Å²) in [5.74, 6) is -0.0911. The molecule has 0 fully saturated rings. The number of amides is 2. The Morgan fingerprint density at radius 3 is 2.13 bits per heavy atom. The van der Waals surface area contributed by atoms with Crippen LogP contribution in [0.5, 0.6) is 0 Å². The predicted octanol–water partition coefficient (Wildman–Crippen LogP) is 5.93. The van der Waals surface area contributed by atoms with Gasteiger partial charge in [0.1, 0.15) is 0 Å². The van der Waals surface area contributed by atoms with Gasteiger partial charge in [-0.25, -0.2) is 4.79 Å². The molecule has 2 amide bonds. The van der Waals surface area contributed by atoms with Gasteiger partial charge >= 0.3 is 6.03 Å². The lowest BCUT2D eigenvalue weighted by molar-refractivity contribution is 0.103. The van der Waals surface area contributed by atoms with Crippen molar-refractivity contribution in [2.45, 2.75) is 6.92 Å². The number of ketones is 1. The number of carbonyl (C=O) groups is 2. The Morgan fingerprint density at radius 2 is 1.39 bits per heavy atom. The minimum Gasteiger partial charge on any atom is -0.308 e. The lowest BCUT2D eigenvalue weighted by atomic mass is 10.0. The number of hydrogen-bond donors (Lipinski definition) is 2. The predicted molar refractivity (Wildman–Crippen MR) is 123 cm³/mol. The van der Waals surface area contributed by atoms with E-state index in [0.717, 1.165) is 16.8 Å². The fourth-order valence-electron chi connectivity index (χ4n) is 3.26. The van der Waals surface area contributed by atoms with Gasteiger partial charge in [0.25, 0.3) is 0 Å². The van der Waals surface area contributed by atoms with Crippen LogP contribution in [0, 0.1) is 6.92 Å². The first-order valence-corrected chi connectivity index (χ1v) is 9.89. The van der Waals surface area contributed by atoms with Gasteiger partial charge in [-0.2, -0.15) is 0 Å². The average molecular weight is 407 g/mol. The van der Waals surface area contributed by atoms with Crippen molar-refractivity contribution in [1.29, 1.82) is 0 Å². The fraction of sp³-hybridized carbons (Fsp3) is 0.0385. The van der Waals surface area contributed by atoms with E-state index in [1.54, 1.807) is 42.6 Å². The van der Waals surface area contributed by atoms with Crippen molar-refractivity contribution in [3.8, 4) is 11.1 Å². The van der Waals surface area contributed by atoms with Crippen molar-refractivity contribution in [3.63, 3.8) is 0 Å². The molecule has 0 aliphatic rings. The van der Waals surface area contributed by atoms with E-state index >= 15 is 0 Å². The molecule has 0 saturated heterocycles. The smallest absolute Gasteiger partial charge is 0.308 e. The van der Waals surface area contributed by atoms with Crippen molar-refractivity contribution in [2.24, 2.45) is 0 Å². The van der Waals surface area contributed by atoms with Crippen LogP contribution in [0.15, 0.2) is 97.2 Å². The highest BCUT2D eigenvalue weighted by Crippen LogP contribution is 2.22. The molecular weight excluding hydrogens is 386 g/mol. The quantitative estimate of drug-likeness (QED) is 0.403. The van der Waals surface area contributed by atoms with Crippen LogP contribution in [-0.4, -0.2) is 16.8 Å². The minimum atomic E-state index is -0.378. The topological polar surface area (TPSA) is 71.1 Å². The van der Waals surface area contributed by atoms with Gasteiger partial charge in [0.2, 0.25) is 0 Å². The number of aryl methyl sites for hydroxylation is 1. The van der Waals surface area contributed by atoms with Gasteiger partial charge in [-0.15, -0.1) is 0 Å².